The van der Waals surface area contributed by atoms with Crippen LogP contribution in [0.25, 0.3) is 0 Å². The number of hydrogen-bond donors (Lipinski definition) is 5. The number of carbonyl (C=O) groups excluding carboxylic acids is 1. The first kappa shape index (κ1) is 19.4. The van der Waals surface area contributed by atoms with Gasteiger partial charge >= 0.3 is 0 Å². The van der Waals surface area contributed by atoms with Gasteiger partial charge in [-0.1, -0.05) is 13.3 Å². The molecule has 5 unspecified atom stereocenters. The van der Waals surface area contributed by atoms with E-state index in [1.165, 1.54) is 12.8 Å². The van der Waals surface area contributed by atoms with Crippen molar-refractivity contribution < 1.29 is 4.79 Å². The van der Waals surface area contributed by atoms with Crippen LogP contribution >= 0.6 is 11.8 Å². The molecule has 0 spiro atoms. The van der Waals surface area contributed by atoms with E-state index in [1.807, 2.05) is 11.8 Å². The first-order valence-electron chi connectivity index (χ1n) is 9.64. The molecule has 1 aliphatic carbocycles. The van der Waals surface area contributed by atoms with E-state index in [0.29, 0.717) is 28.7 Å². The van der Waals surface area contributed by atoms with Gasteiger partial charge in [-0.05, 0) is 39.2 Å². The van der Waals surface area contributed by atoms with Gasteiger partial charge < -0.3 is 16.0 Å². The van der Waals surface area contributed by atoms with Crippen molar-refractivity contribution in [2.75, 3.05) is 26.8 Å². The molecule has 0 aromatic heterocycles. The SMILES string of the molecule is CC1CNCC(C(=O)NC2CCCC([C@H](C)SC3NNCN3C)C2)N1. The highest BCUT2D eigenvalue weighted by molar-refractivity contribution is 8.00. The van der Waals surface area contributed by atoms with E-state index in [2.05, 4.69) is 52.6 Å². The number of nitrogens with zero attached hydrogens (tertiary/aromatic N) is 1. The van der Waals surface area contributed by atoms with Crippen LogP contribution in [-0.2, 0) is 4.79 Å². The molecule has 1 amide bonds. The van der Waals surface area contributed by atoms with E-state index in [4.69, 9.17) is 0 Å². The number of hydrogen-bond acceptors (Lipinski definition) is 7. The summed E-state index contributed by atoms with van der Waals surface area (Å²) in [4.78, 5) is 14.9. The summed E-state index contributed by atoms with van der Waals surface area (Å²) in [7, 11) is 2.13. The minimum absolute atomic E-state index is 0.0988. The zero-order valence-corrected chi connectivity index (χ0v) is 16.5. The Morgan fingerprint density at radius 1 is 1.32 bits per heavy atom. The molecule has 7 nitrogen and oxygen atoms in total. The summed E-state index contributed by atoms with van der Waals surface area (Å²) in [6.07, 6.45) is 4.68. The first-order chi connectivity index (χ1) is 12.0. The molecular formula is C17H34N6OS. The molecule has 2 aliphatic heterocycles. The number of hydrazine groups is 1. The van der Waals surface area contributed by atoms with Gasteiger partial charge in [0, 0.05) is 30.4 Å². The molecule has 3 fully saturated rings. The largest absolute Gasteiger partial charge is 0.352 e. The highest BCUT2D eigenvalue weighted by Crippen LogP contribution is 2.34. The van der Waals surface area contributed by atoms with E-state index in [9.17, 15) is 4.79 Å². The minimum atomic E-state index is -0.0988. The lowest BCUT2D eigenvalue weighted by molar-refractivity contribution is -0.124. The lowest BCUT2D eigenvalue weighted by Gasteiger charge is -2.36. The molecular weight excluding hydrogens is 336 g/mol. The molecule has 0 radical (unpaired) electrons. The number of carbonyl (C=O) groups is 1. The van der Waals surface area contributed by atoms with Crippen molar-refractivity contribution in [3.63, 3.8) is 0 Å². The molecule has 8 heteroatoms. The summed E-state index contributed by atoms with van der Waals surface area (Å²) in [5.41, 5.74) is 6.85. The van der Waals surface area contributed by atoms with Gasteiger partial charge in [-0.2, -0.15) is 0 Å². The van der Waals surface area contributed by atoms with Crippen molar-refractivity contribution in [3.05, 3.63) is 0 Å². The fourth-order valence-electron chi connectivity index (χ4n) is 4.06. The van der Waals surface area contributed by atoms with Gasteiger partial charge in [-0.3, -0.25) is 9.69 Å². The molecule has 25 heavy (non-hydrogen) atoms. The highest BCUT2D eigenvalue weighted by Gasteiger charge is 2.32. The zero-order chi connectivity index (χ0) is 17.8. The minimum Gasteiger partial charge on any atom is -0.352 e. The lowest BCUT2D eigenvalue weighted by Crippen LogP contribution is -2.60. The van der Waals surface area contributed by atoms with Crippen molar-refractivity contribution in [2.45, 2.75) is 68.4 Å². The molecule has 2 heterocycles. The summed E-state index contributed by atoms with van der Waals surface area (Å²) in [5.74, 6) is 0.822. The van der Waals surface area contributed by atoms with Gasteiger partial charge in [0.25, 0.3) is 0 Å². The van der Waals surface area contributed by atoms with Gasteiger partial charge in [0.1, 0.15) is 5.50 Å². The zero-order valence-electron chi connectivity index (χ0n) is 15.7. The van der Waals surface area contributed by atoms with Gasteiger partial charge in [0.05, 0.1) is 12.7 Å². The van der Waals surface area contributed by atoms with E-state index >= 15 is 0 Å². The second-order valence-electron chi connectivity index (χ2n) is 7.84. The normalized spacial score (nSPS) is 38.4. The monoisotopic (exact) mass is 370 g/mol. The molecule has 3 rings (SSSR count). The Labute approximate surface area is 155 Å². The van der Waals surface area contributed by atoms with Crippen LogP contribution in [0.5, 0.6) is 0 Å². The van der Waals surface area contributed by atoms with Crippen molar-refractivity contribution in [1.29, 1.82) is 0 Å². The average molecular weight is 371 g/mol. The lowest BCUT2D eigenvalue weighted by atomic mass is 9.84. The van der Waals surface area contributed by atoms with Gasteiger partial charge in [0.15, 0.2) is 0 Å². The second kappa shape index (κ2) is 9.01. The molecule has 144 valence electrons. The maximum atomic E-state index is 12.6. The van der Waals surface area contributed by atoms with Crippen molar-refractivity contribution >= 4 is 17.7 Å². The predicted octanol–water partition coefficient (Wildman–Crippen LogP) is 0.0137. The van der Waals surface area contributed by atoms with Crippen LogP contribution in [0.1, 0.15) is 39.5 Å². The van der Waals surface area contributed by atoms with Crippen LogP contribution < -0.4 is 26.8 Å². The molecule has 2 saturated heterocycles. The second-order valence-corrected chi connectivity index (χ2v) is 9.30. The maximum absolute atomic E-state index is 12.6. The molecule has 0 bridgehead atoms. The summed E-state index contributed by atoms with van der Waals surface area (Å²) in [5, 5.41) is 10.6. The Hall–Kier alpha value is -0.380. The van der Waals surface area contributed by atoms with E-state index in [1.54, 1.807) is 0 Å². The average Bonchev–Trinajstić information content (AvgIpc) is 3.00. The fourth-order valence-corrected chi connectivity index (χ4v) is 5.37. The number of rotatable bonds is 5. The van der Waals surface area contributed by atoms with Gasteiger partial charge in [-0.25, -0.2) is 10.9 Å². The number of thioether (sulfide) groups is 1. The third-order valence-electron chi connectivity index (χ3n) is 5.62. The van der Waals surface area contributed by atoms with Crippen molar-refractivity contribution in [3.8, 4) is 0 Å². The van der Waals surface area contributed by atoms with Crippen LogP contribution in [0, 0.1) is 5.92 Å². The van der Waals surface area contributed by atoms with Crippen LogP contribution in [0.2, 0.25) is 0 Å². The number of piperazine rings is 1. The van der Waals surface area contributed by atoms with E-state index in [-0.39, 0.29) is 11.9 Å². The topological polar surface area (TPSA) is 80.5 Å². The standard InChI is InChI=1S/C17H34N6OS/c1-11-8-18-9-15(20-11)16(24)21-14-6-4-5-13(7-14)12(2)25-17-22-19-10-23(17)3/h11-15,17-20,22H,4-10H2,1-3H3,(H,21,24)/t11?,12-,13?,14?,15?,17?/m0/s1. The fraction of sp³-hybridized carbons (Fsp3) is 0.941. The van der Waals surface area contributed by atoms with E-state index in [0.717, 1.165) is 32.6 Å². The quantitative estimate of drug-likeness (QED) is 0.467. The summed E-state index contributed by atoms with van der Waals surface area (Å²) < 4.78 is 0. The Kier molecular flexibility index (Phi) is 6.99. The number of amides is 1. The van der Waals surface area contributed by atoms with Crippen LogP contribution in [0.3, 0.4) is 0 Å². The molecule has 0 aromatic carbocycles. The third kappa shape index (κ3) is 5.30. The molecule has 5 N–H and O–H groups in total. The Morgan fingerprint density at radius 2 is 2.16 bits per heavy atom. The molecule has 0 aromatic rings. The summed E-state index contributed by atoms with van der Waals surface area (Å²) >= 11 is 1.99. The van der Waals surface area contributed by atoms with Crippen molar-refractivity contribution in [1.82, 2.24) is 31.7 Å². The van der Waals surface area contributed by atoms with Gasteiger partial charge in [0.2, 0.25) is 5.91 Å². The van der Waals surface area contributed by atoms with Crippen LogP contribution in [-0.4, -0.2) is 66.5 Å². The summed E-state index contributed by atoms with van der Waals surface area (Å²) in [6, 6.07) is 0.573. The predicted molar refractivity (Wildman–Crippen MR) is 103 cm³/mol. The van der Waals surface area contributed by atoms with Crippen LogP contribution in [0.15, 0.2) is 0 Å². The Bertz CT molecular complexity index is 453. The van der Waals surface area contributed by atoms with Gasteiger partial charge in [-0.15, -0.1) is 11.8 Å². The summed E-state index contributed by atoms with van der Waals surface area (Å²) in [6.45, 7) is 6.99. The number of nitrogens with one attached hydrogen (secondary N) is 5. The molecule has 6 atom stereocenters. The van der Waals surface area contributed by atoms with E-state index < -0.39 is 0 Å². The Balaban J connectivity index is 1.46. The Morgan fingerprint density at radius 3 is 2.88 bits per heavy atom. The highest BCUT2D eigenvalue weighted by atomic mass is 32.2. The first-order valence-corrected chi connectivity index (χ1v) is 10.6. The van der Waals surface area contributed by atoms with Crippen molar-refractivity contribution in [2.24, 2.45) is 5.92 Å². The molecule has 3 aliphatic rings. The van der Waals surface area contributed by atoms with Crippen LogP contribution in [0.4, 0.5) is 0 Å². The maximum Gasteiger partial charge on any atom is 0.238 e. The smallest absolute Gasteiger partial charge is 0.238 e. The molecule has 1 saturated carbocycles. The third-order valence-corrected chi connectivity index (χ3v) is 7.17.